The average molecular weight is 328 g/mol. The summed E-state index contributed by atoms with van der Waals surface area (Å²) in [5, 5.41) is 0. The molecule has 0 aliphatic carbocycles. The van der Waals surface area contributed by atoms with Crippen molar-refractivity contribution in [3.8, 4) is 0 Å². The Balaban J connectivity index is 1.56. The van der Waals surface area contributed by atoms with Crippen molar-refractivity contribution < 1.29 is 18.8 Å². The molecule has 2 N–H and O–H groups in total. The van der Waals surface area contributed by atoms with Gasteiger partial charge in [-0.25, -0.2) is 4.79 Å². The Hall–Kier alpha value is -2.31. The summed E-state index contributed by atoms with van der Waals surface area (Å²) in [6.07, 6.45) is 5.77. The number of quaternary nitrogens is 1. The van der Waals surface area contributed by atoms with Crippen LogP contribution in [0.4, 0.5) is 4.79 Å². The number of aliphatic imine (C=N–C) groups is 1. The summed E-state index contributed by atoms with van der Waals surface area (Å²) in [5.41, 5.74) is 6.29. The van der Waals surface area contributed by atoms with E-state index in [0.717, 1.165) is 18.4 Å². The zero-order chi connectivity index (χ0) is 17.2. The zero-order valence-electron chi connectivity index (χ0n) is 13.7. The molecule has 1 aromatic rings. The Morgan fingerprint density at radius 1 is 1.33 bits per heavy atom. The number of Topliss-reactive ketones (excluding diaryl/α,β-unsaturated/α-hetero) is 1. The summed E-state index contributed by atoms with van der Waals surface area (Å²) < 4.78 is 6.01. The first-order chi connectivity index (χ1) is 11.5. The first kappa shape index (κ1) is 16.5. The Kier molecular flexibility index (Phi) is 4.59. The van der Waals surface area contributed by atoms with Gasteiger partial charge in [-0.05, 0) is 12.8 Å². The normalized spacial score (nSPS) is 29.5. The molecule has 126 valence electrons. The van der Waals surface area contributed by atoms with Gasteiger partial charge in [0.2, 0.25) is 6.23 Å². The number of hydrogen-bond acceptors (Lipinski definition) is 4. The predicted octanol–water partition coefficient (Wildman–Crippen LogP) is 2.61. The maximum absolute atomic E-state index is 12.2. The number of amides is 2. The van der Waals surface area contributed by atoms with Crippen LogP contribution in [0.5, 0.6) is 0 Å². The first-order valence-corrected chi connectivity index (χ1v) is 8.16. The van der Waals surface area contributed by atoms with Gasteiger partial charge in [0.25, 0.3) is 0 Å². The smallest absolute Gasteiger partial charge is 0.383 e. The minimum Gasteiger partial charge on any atom is -0.383 e. The van der Waals surface area contributed by atoms with Crippen molar-refractivity contribution in [2.24, 2.45) is 10.7 Å². The number of nitrogens with zero attached hydrogens (tertiary/aromatic N) is 2. The van der Waals surface area contributed by atoms with E-state index in [4.69, 9.17) is 10.5 Å². The number of ketones is 1. The van der Waals surface area contributed by atoms with E-state index in [1.165, 1.54) is 0 Å². The number of amidine groups is 1. The number of hydrogen-bond donors (Lipinski definition) is 1. The number of ether oxygens (including phenoxy) is 1. The van der Waals surface area contributed by atoms with Gasteiger partial charge in [0, 0.05) is 24.5 Å². The van der Waals surface area contributed by atoms with Crippen LogP contribution in [-0.4, -0.2) is 41.5 Å². The molecule has 3 rings (SSSR count). The summed E-state index contributed by atoms with van der Waals surface area (Å²) in [5.74, 6) is 0.341. The van der Waals surface area contributed by atoms with E-state index < -0.39 is 0 Å². The van der Waals surface area contributed by atoms with E-state index in [1.54, 1.807) is 19.3 Å². The van der Waals surface area contributed by atoms with E-state index in [9.17, 15) is 9.59 Å². The van der Waals surface area contributed by atoms with E-state index in [2.05, 4.69) is 4.99 Å². The van der Waals surface area contributed by atoms with Crippen LogP contribution < -0.4 is 5.73 Å². The van der Waals surface area contributed by atoms with Gasteiger partial charge in [-0.3, -0.25) is 4.79 Å². The number of benzene rings is 1. The summed E-state index contributed by atoms with van der Waals surface area (Å²) in [4.78, 5) is 28.2. The fourth-order valence-corrected chi connectivity index (χ4v) is 3.12. The molecule has 0 bridgehead atoms. The van der Waals surface area contributed by atoms with Gasteiger partial charge < -0.3 is 10.5 Å². The van der Waals surface area contributed by atoms with Crippen LogP contribution in [0, 0.1) is 0 Å². The number of carbonyl (C=O) groups excluding carboxylic acids is 2. The van der Waals surface area contributed by atoms with Crippen molar-refractivity contribution in [3.05, 3.63) is 48.2 Å². The third-order valence-corrected chi connectivity index (χ3v) is 4.66. The van der Waals surface area contributed by atoms with Crippen molar-refractivity contribution in [2.45, 2.75) is 38.0 Å². The molecule has 2 aliphatic heterocycles. The number of carbonyl (C=O) groups is 2. The van der Waals surface area contributed by atoms with E-state index in [-0.39, 0.29) is 34.5 Å². The van der Waals surface area contributed by atoms with Gasteiger partial charge in [0.05, 0.1) is 13.2 Å². The molecule has 3 unspecified atom stereocenters. The summed E-state index contributed by atoms with van der Waals surface area (Å²) in [6, 6.07) is 8.95. The van der Waals surface area contributed by atoms with Gasteiger partial charge in [-0.1, -0.05) is 30.3 Å². The fourth-order valence-electron chi connectivity index (χ4n) is 3.12. The van der Waals surface area contributed by atoms with Crippen molar-refractivity contribution in [1.29, 1.82) is 0 Å². The van der Waals surface area contributed by atoms with Crippen LogP contribution in [-0.2, 0) is 4.74 Å². The van der Waals surface area contributed by atoms with Crippen LogP contribution in [0.15, 0.2) is 47.6 Å². The summed E-state index contributed by atoms with van der Waals surface area (Å²) in [6.45, 7) is 0. The molecule has 2 heterocycles. The van der Waals surface area contributed by atoms with E-state index >= 15 is 0 Å². The third-order valence-electron chi connectivity index (χ3n) is 4.66. The molecular weight excluding hydrogens is 306 g/mol. The highest BCUT2D eigenvalue weighted by Gasteiger charge is 2.45. The molecule has 6 nitrogen and oxygen atoms in total. The second kappa shape index (κ2) is 6.67. The van der Waals surface area contributed by atoms with Gasteiger partial charge in [0.15, 0.2) is 5.78 Å². The summed E-state index contributed by atoms with van der Waals surface area (Å²) in [7, 11) is 1.77. The second-order valence-electron chi connectivity index (χ2n) is 6.40. The SMILES string of the molecule is C[N+]1(C2CCC(CCC(=O)c3ccccc3)O2)C=CC(N)=NC1=O. The highest BCUT2D eigenvalue weighted by molar-refractivity contribution is 5.99. The molecule has 1 fully saturated rings. The Morgan fingerprint density at radius 3 is 2.79 bits per heavy atom. The molecular formula is C18H22N3O3+. The molecule has 2 amide bonds. The molecule has 0 saturated carbocycles. The molecule has 0 radical (unpaired) electrons. The van der Waals surface area contributed by atoms with Crippen LogP contribution >= 0.6 is 0 Å². The van der Waals surface area contributed by atoms with Crippen molar-refractivity contribution in [1.82, 2.24) is 0 Å². The standard InChI is InChI=1S/C18H21N3O3/c1-21(12-11-16(19)20-18(21)23)17-10-8-14(24-17)7-9-15(22)13-5-3-2-4-6-13/h2-6,11-12,14,17H,7-10H2,1H3,(H-,19,20,23)/p+1. The number of urea groups is 1. The first-order valence-electron chi connectivity index (χ1n) is 8.16. The lowest BCUT2D eigenvalue weighted by atomic mass is 10.0. The van der Waals surface area contributed by atoms with Gasteiger partial charge in [0.1, 0.15) is 12.0 Å². The Labute approximate surface area is 141 Å². The van der Waals surface area contributed by atoms with E-state index in [0.29, 0.717) is 12.8 Å². The van der Waals surface area contributed by atoms with Crippen LogP contribution in [0.25, 0.3) is 0 Å². The molecule has 24 heavy (non-hydrogen) atoms. The van der Waals surface area contributed by atoms with Crippen LogP contribution in [0.2, 0.25) is 0 Å². The molecule has 3 atom stereocenters. The van der Waals surface area contributed by atoms with Gasteiger partial charge in [-0.2, -0.15) is 4.48 Å². The van der Waals surface area contributed by atoms with Crippen molar-refractivity contribution in [2.75, 3.05) is 7.05 Å². The van der Waals surface area contributed by atoms with E-state index in [1.807, 2.05) is 30.3 Å². The fraction of sp³-hybridized carbons (Fsp3) is 0.389. The lowest BCUT2D eigenvalue weighted by Gasteiger charge is -2.32. The molecule has 0 spiro atoms. The average Bonchev–Trinajstić information content (AvgIpc) is 3.07. The third kappa shape index (κ3) is 3.29. The largest absolute Gasteiger partial charge is 0.451 e. The minimum absolute atomic E-state index is 0.0120. The highest BCUT2D eigenvalue weighted by Crippen LogP contribution is 2.31. The topological polar surface area (TPSA) is 81.8 Å². The Bertz CT molecular complexity index is 699. The number of nitrogens with two attached hydrogens (primary N) is 1. The number of rotatable bonds is 5. The summed E-state index contributed by atoms with van der Waals surface area (Å²) >= 11 is 0. The minimum atomic E-state index is -0.319. The molecule has 1 aromatic carbocycles. The lowest BCUT2D eigenvalue weighted by Crippen LogP contribution is -2.53. The predicted molar refractivity (Wildman–Crippen MR) is 90.2 cm³/mol. The molecule has 6 heteroatoms. The van der Waals surface area contributed by atoms with Crippen LogP contribution in [0.1, 0.15) is 36.0 Å². The zero-order valence-corrected chi connectivity index (χ0v) is 13.7. The van der Waals surface area contributed by atoms with Crippen molar-refractivity contribution in [3.63, 3.8) is 0 Å². The van der Waals surface area contributed by atoms with Crippen LogP contribution in [0.3, 0.4) is 0 Å². The second-order valence-corrected chi connectivity index (χ2v) is 6.40. The van der Waals surface area contributed by atoms with Crippen molar-refractivity contribution >= 4 is 17.6 Å². The lowest BCUT2D eigenvalue weighted by molar-refractivity contribution is -0.830. The maximum atomic E-state index is 12.2. The monoisotopic (exact) mass is 328 g/mol. The van der Waals surface area contributed by atoms with Gasteiger partial charge >= 0.3 is 6.03 Å². The maximum Gasteiger partial charge on any atom is 0.451 e. The Morgan fingerprint density at radius 2 is 2.08 bits per heavy atom. The quantitative estimate of drug-likeness (QED) is 0.665. The van der Waals surface area contributed by atoms with Gasteiger partial charge in [-0.15, -0.1) is 4.99 Å². The highest BCUT2D eigenvalue weighted by atomic mass is 16.5. The molecule has 1 saturated heterocycles. The molecule has 0 aromatic heterocycles. The molecule has 2 aliphatic rings.